The number of morpholine rings is 1. The zero-order chi connectivity index (χ0) is 11.0. The van der Waals surface area contributed by atoms with Crippen LogP contribution in [-0.2, 0) is 11.2 Å². The molecule has 2 aliphatic rings. The maximum absolute atomic E-state index is 5.35. The Bertz CT molecular complexity index is 438. The SMILES string of the molecule is Cc1nc2c(c(N3CCOCC3)n1)N=CC2. The summed E-state index contributed by atoms with van der Waals surface area (Å²) in [5, 5.41) is 0. The Labute approximate surface area is 94.2 Å². The van der Waals surface area contributed by atoms with Crippen LogP contribution in [0.15, 0.2) is 4.99 Å². The van der Waals surface area contributed by atoms with Gasteiger partial charge < -0.3 is 9.64 Å². The summed E-state index contributed by atoms with van der Waals surface area (Å²) in [7, 11) is 0. The number of fused-ring (bicyclic) bond motifs is 1. The van der Waals surface area contributed by atoms with E-state index in [1.165, 1.54) is 0 Å². The maximum atomic E-state index is 5.35. The van der Waals surface area contributed by atoms with Crippen LogP contribution in [0.3, 0.4) is 0 Å². The van der Waals surface area contributed by atoms with Crippen LogP contribution in [0.1, 0.15) is 11.5 Å². The number of aryl methyl sites for hydroxylation is 1. The lowest BCUT2D eigenvalue weighted by atomic mass is 10.2. The first kappa shape index (κ1) is 9.72. The smallest absolute Gasteiger partial charge is 0.158 e. The second-order valence-electron chi connectivity index (χ2n) is 4.00. The summed E-state index contributed by atoms with van der Waals surface area (Å²) in [6.45, 7) is 5.24. The molecule has 0 unspecified atom stereocenters. The molecule has 0 aliphatic carbocycles. The molecule has 1 fully saturated rings. The van der Waals surface area contributed by atoms with E-state index in [9.17, 15) is 0 Å². The van der Waals surface area contributed by atoms with Crippen molar-refractivity contribution >= 4 is 17.7 Å². The van der Waals surface area contributed by atoms with Gasteiger partial charge in [-0.05, 0) is 6.92 Å². The van der Waals surface area contributed by atoms with Crippen molar-refractivity contribution in [2.45, 2.75) is 13.3 Å². The molecule has 5 nitrogen and oxygen atoms in total. The first-order valence-corrected chi connectivity index (χ1v) is 5.57. The van der Waals surface area contributed by atoms with E-state index in [0.717, 1.165) is 55.7 Å². The molecule has 0 atom stereocenters. The van der Waals surface area contributed by atoms with Gasteiger partial charge in [-0.25, -0.2) is 9.97 Å². The summed E-state index contributed by atoms with van der Waals surface area (Å²) in [4.78, 5) is 15.5. The highest BCUT2D eigenvalue weighted by atomic mass is 16.5. The van der Waals surface area contributed by atoms with E-state index in [1.807, 2.05) is 13.1 Å². The molecule has 1 aromatic rings. The van der Waals surface area contributed by atoms with Crippen molar-refractivity contribution in [2.75, 3.05) is 31.2 Å². The van der Waals surface area contributed by atoms with Gasteiger partial charge in [0.05, 0.1) is 18.9 Å². The van der Waals surface area contributed by atoms with Gasteiger partial charge in [0.15, 0.2) is 5.82 Å². The molecule has 2 aliphatic heterocycles. The molecule has 0 spiro atoms. The fraction of sp³-hybridized carbons (Fsp3) is 0.545. The molecule has 16 heavy (non-hydrogen) atoms. The van der Waals surface area contributed by atoms with Crippen LogP contribution in [0.25, 0.3) is 0 Å². The lowest BCUT2D eigenvalue weighted by molar-refractivity contribution is 0.122. The number of aliphatic imine (C=N–C) groups is 1. The zero-order valence-electron chi connectivity index (χ0n) is 9.31. The Kier molecular flexibility index (Phi) is 2.32. The van der Waals surface area contributed by atoms with Crippen LogP contribution < -0.4 is 4.90 Å². The third-order valence-corrected chi connectivity index (χ3v) is 2.87. The van der Waals surface area contributed by atoms with Gasteiger partial charge in [-0.15, -0.1) is 0 Å². The average Bonchev–Trinajstić information content (AvgIpc) is 2.77. The molecule has 0 radical (unpaired) electrons. The number of anilines is 1. The lowest BCUT2D eigenvalue weighted by Gasteiger charge is -2.28. The summed E-state index contributed by atoms with van der Waals surface area (Å²) in [6, 6.07) is 0. The van der Waals surface area contributed by atoms with Gasteiger partial charge in [0.2, 0.25) is 0 Å². The number of aromatic nitrogens is 2. The molecule has 1 saturated heterocycles. The molecular formula is C11H14N4O. The summed E-state index contributed by atoms with van der Waals surface area (Å²) in [5.74, 6) is 1.80. The summed E-state index contributed by atoms with van der Waals surface area (Å²) in [6.07, 6.45) is 2.73. The van der Waals surface area contributed by atoms with Crippen molar-refractivity contribution < 1.29 is 4.74 Å². The highest BCUT2D eigenvalue weighted by Gasteiger charge is 2.21. The van der Waals surface area contributed by atoms with Crippen molar-refractivity contribution in [3.05, 3.63) is 11.5 Å². The van der Waals surface area contributed by atoms with E-state index in [2.05, 4.69) is 19.9 Å². The van der Waals surface area contributed by atoms with Gasteiger partial charge in [0.1, 0.15) is 11.5 Å². The highest BCUT2D eigenvalue weighted by Crippen LogP contribution is 2.32. The third-order valence-electron chi connectivity index (χ3n) is 2.87. The van der Waals surface area contributed by atoms with E-state index in [0.29, 0.717) is 0 Å². The van der Waals surface area contributed by atoms with Crippen LogP contribution in [0.2, 0.25) is 0 Å². The Morgan fingerprint density at radius 1 is 1.25 bits per heavy atom. The summed E-state index contributed by atoms with van der Waals surface area (Å²) in [5.41, 5.74) is 2.00. The molecule has 1 aromatic heterocycles. The zero-order valence-corrected chi connectivity index (χ0v) is 9.31. The standard InChI is InChI=1S/C11H14N4O/c1-8-13-9-2-3-12-10(9)11(14-8)15-4-6-16-7-5-15/h3H,2,4-7H2,1H3. The Morgan fingerprint density at radius 3 is 2.88 bits per heavy atom. The van der Waals surface area contributed by atoms with Gasteiger partial charge in [0.25, 0.3) is 0 Å². The molecule has 0 amide bonds. The molecule has 0 saturated carbocycles. The Hall–Kier alpha value is -1.49. The van der Waals surface area contributed by atoms with Crippen molar-refractivity contribution in [2.24, 2.45) is 4.99 Å². The fourth-order valence-electron chi connectivity index (χ4n) is 2.10. The highest BCUT2D eigenvalue weighted by molar-refractivity contribution is 5.80. The Balaban J connectivity index is 2.01. The molecule has 84 valence electrons. The van der Waals surface area contributed by atoms with Gasteiger partial charge >= 0.3 is 0 Å². The number of hydrogen-bond donors (Lipinski definition) is 0. The van der Waals surface area contributed by atoms with E-state index >= 15 is 0 Å². The largest absolute Gasteiger partial charge is 0.378 e. The van der Waals surface area contributed by atoms with Gasteiger partial charge in [0, 0.05) is 25.7 Å². The number of ether oxygens (including phenoxy) is 1. The van der Waals surface area contributed by atoms with Crippen LogP contribution in [0.5, 0.6) is 0 Å². The van der Waals surface area contributed by atoms with Crippen molar-refractivity contribution in [1.82, 2.24) is 9.97 Å². The predicted octanol–water partition coefficient (Wildman–Crippen LogP) is 0.880. The maximum Gasteiger partial charge on any atom is 0.158 e. The minimum Gasteiger partial charge on any atom is -0.378 e. The molecule has 0 bridgehead atoms. The summed E-state index contributed by atoms with van der Waals surface area (Å²) < 4.78 is 5.35. The first-order chi connectivity index (χ1) is 7.84. The fourth-order valence-corrected chi connectivity index (χ4v) is 2.10. The van der Waals surface area contributed by atoms with Gasteiger partial charge in [-0.1, -0.05) is 0 Å². The first-order valence-electron chi connectivity index (χ1n) is 5.57. The van der Waals surface area contributed by atoms with Crippen LogP contribution >= 0.6 is 0 Å². The second kappa shape index (κ2) is 3.83. The van der Waals surface area contributed by atoms with Crippen molar-refractivity contribution in [1.29, 1.82) is 0 Å². The molecular weight excluding hydrogens is 204 g/mol. The van der Waals surface area contributed by atoms with Crippen molar-refractivity contribution in [3.63, 3.8) is 0 Å². The van der Waals surface area contributed by atoms with Crippen molar-refractivity contribution in [3.8, 4) is 0 Å². The van der Waals surface area contributed by atoms with E-state index in [-0.39, 0.29) is 0 Å². The van der Waals surface area contributed by atoms with E-state index in [1.54, 1.807) is 0 Å². The molecule has 3 rings (SSSR count). The number of nitrogens with zero attached hydrogens (tertiary/aromatic N) is 4. The number of rotatable bonds is 1. The minimum absolute atomic E-state index is 0.765. The predicted molar refractivity (Wildman–Crippen MR) is 61.7 cm³/mol. The Morgan fingerprint density at radius 2 is 2.06 bits per heavy atom. The van der Waals surface area contributed by atoms with E-state index < -0.39 is 0 Å². The van der Waals surface area contributed by atoms with Gasteiger partial charge in [-0.2, -0.15) is 0 Å². The molecule has 5 heteroatoms. The quantitative estimate of drug-likeness (QED) is 0.702. The number of hydrogen-bond acceptors (Lipinski definition) is 5. The molecule has 3 heterocycles. The minimum atomic E-state index is 0.765. The molecule has 0 N–H and O–H groups in total. The third kappa shape index (κ3) is 1.57. The van der Waals surface area contributed by atoms with Crippen LogP contribution in [0.4, 0.5) is 11.5 Å². The second-order valence-corrected chi connectivity index (χ2v) is 4.00. The average molecular weight is 218 g/mol. The monoisotopic (exact) mass is 218 g/mol. The topological polar surface area (TPSA) is 50.6 Å². The van der Waals surface area contributed by atoms with Gasteiger partial charge in [-0.3, -0.25) is 4.99 Å². The van der Waals surface area contributed by atoms with E-state index in [4.69, 9.17) is 4.74 Å². The normalized spacial score (nSPS) is 18.9. The van der Waals surface area contributed by atoms with Crippen LogP contribution in [0, 0.1) is 6.92 Å². The molecule has 0 aromatic carbocycles. The summed E-state index contributed by atoms with van der Waals surface area (Å²) >= 11 is 0. The van der Waals surface area contributed by atoms with Crippen LogP contribution in [-0.4, -0.2) is 42.5 Å². The lowest BCUT2D eigenvalue weighted by Crippen LogP contribution is -2.37.